The first-order valence-corrected chi connectivity index (χ1v) is 7.58. The topological polar surface area (TPSA) is 33.0 Å². The third-order valence-electron chi connectivity index (χ3n) is 3.48. The quantitative estimate of drug-likeness (QED) is 0.644. The van der Waals surface area contributed by atoms with Gasteiger partial charge in [0.25, 0.3) is 0 Å². The molecule has 1 aromatic carbocycles. The number of ether oxygens (including phenoxy) is 1. The van der Waals surface area contributed by atoms with Crippen LogP contribution in [0.5, 0.6) is 0 Å². The van der Waals surface area contributed by atoms with Crippen molar-refractivity contribution < 1.29 is 4.74 Å². The summed E-state index contributed by atoms with van der Waals surface area (Å²) in [6.07, 6.45) is 3.57. The van der Waals surface area contributed by atoms with E-state index in [4.69, 9.17) is 10.00 Å². The first-order valence-electron chi connectivity index (χ1n) is 7.58. The smallest absolute Gasteiger partial charge is 0.0834 e. The first kappa shape index (κ1) is 16.7. The second-order valence-electron chi connectivity index (χ2n) is 6.28. The molecule has 0 radical (unpaired) electrons. The Balaban J connectivity index is 2.76. The Bertz CT molecular complexity index is 422. The monoisotopic (exact) mass is 273 g/mol. The molecule has 20 heavy (non-hydrogen) atoms. The summed E-state index contributed by atoms with van der Waals surface area (Å²) in [5.74, 6) is 0. The van der Waals surface area contributed by atoms with Crippen LogP contribution in [0.2, 0.25) is 0 Å². The van der Waals surface area contributed by atoms with Crippen LogP contribution in [-0.2, 0) is 10.2 Å². The van der Waals surface area contributed by atoms with Gasteiger partial charge in [-0.3, -0.25) is 0 Å². The van der Waals surface area contributed by atoms with Crippen molar-refractivity contribution in [2.75, 3.05) is 6.61 Å². The maximum atomic E-state index is 8.78. The van der Waals surface area contributed by atoms with Crippen LogP contribution >= 0.6 is 0 Å². The van der Waals surface area contributed by atoms with Crippen LogP contribution in [0, 0.1) is 11.3 Å². The molecule has 0 spiro atoms. The Kier molecular flexibility index (Phi) is 6.75. The molecule has 0 aliphatic carbocycles. The summed E-state index contributed by atoms with van der Waals surface area (Å²) in [4.78, 5) is 0. The van der Waals surface area contributed by atoms with E-state index in [0.717, 1.165) is 25.9 Å². The summed E-state index contributed by atoms with van der Waals surface area (Å²) in [5.41, 5.74) is 2.68. The van der Waals surface area contributed by atoms with Crippen molar-refractivity contribution in [3.05, 3.63) is 35.4 Å². The van der Waals surface area contributed by atoms with E-state index in [0.29, 0.717) is 6.42 Å². The zero-order valence-corrected chi connectivity index (χ0v) is 13.3. The van der Waals surface area contributed by atoms with E-state index in [1.807, 2.05) is 0 Å². The number of benzene rings is 1. The van der Waals surface area contributed by atoms with Crippen molar-refractivity contribution in [1.29, 1.82) is 5.26 Å². The van der Waals surface area contributed by atoms with Crippen LogP contribution in [-0.4, -0.2) is 6.61 Å². The van der Waals surface area contributed by atoms with E-state index in [1.165, 1.54) is 11.1 Å². The lowest BCUT2D eigenvalue weighted by molar-refractivity contribution is 0.0457. The fourth-order valence-electron chi connectivity index (χ4n) is 2.11. The zero-order valence-electron chi connectivity index (χ0n) is 13.3. The van der Waals surface area contributed by atoms with Crippen LogP contribution in [0.1, 0.15) is 70.6 Å². The Morgan fingerprint density at radius 3 is 2.35 bits per heavy atom. The highest BCUT2D eigenvalue weighted by Crippen LogP contribution is 2.27. The van der Waals surface area contributed by atoms with Gasteiger partial charge in [-0.15, -0.1) is 0 Å². The Hall–Kier alpha value is -1.33. The summed E-state index contributed by atoms with van der Waals surface area (Å²) in [6, 6.07) is 10.9. The molecule has 2 heteroatoms. The van der Waals surface area contributed by atoms with Crippen molar-refractivity contribution in [3.8, 4) is 6.07 Å². The van der Waals surface area contributed by atoms with Crippen LogP contribution in [0.15, 0.2) is 24.3 Å². The molecule has 1 atom stereocenters. The Labute approximate surface area is 123 Å². The molecule has 0 aromatic heterocycles. The molecule has 0 heterocycles. The highest BCUT2D eigenvalue weighted by atomic mass is 16.5. The molecule has 0 aliphatic heterocycles. The van der Waals surface area contributed by atoms with Gasteiger partial charge in [0, 0.05) is 13.0 Å². The lowest BCUT2D eigenvalue weighted by Crippen LogP contribution is -2.11. The second-order valence-corrected chi connectivity index (χ2v) is 6.28. The minimum Gasteiger partial charge on any atom is -0.373 e. The van der Waals surface area contributed by atoms with Gasteiger partial charge in [0.2, 0.25) is 0 Å². The molecule has 0 bridgehead atoms. The van der Waals surface area contributed by atoms with Crippen LogP contribution < -0.4 is 0 Å². The van der Waals surface area contributed by atoms with E-state index < -0.39 is 0 Å². The molecular formula is C18H27NO. The van der Waals surface area contributed by atoms with E-state index in [-0.39, 0.29) is 11.5 Å². The fourth-order valence-corrected chi connectivity index (χ4v) is 2.11. The van der Waals surface area contributed by atoms with Crippen molar-refractivity contribution in [2.45, 2.75) is 64.9 Å². The Morgan fingerprint density at radius 2 is 1.85 bits per heavy atom. The van der Waals surface area contributed by atoms with E-state index in [9.17, 15) is 0 Å². The normalized spacial score (nSPS) is 12.9. The molecule has 0 fully saturated rings. The van der Waals surface area contributed by atoms with Gasteiger partial charge < -0.3 is 4.74 Å². The van der Waals surface area contributed by atoms with Gasteiger partial charge >= 0.3 is 0 Å². The second kappa shape index (κ2) is 8.07. The predicted octanol–water partition coefficient (Wildman–Crippen LogP) is 5.15. The van der Waals surface area contributed by atoms with E-state index in [1.54, 1.807) is 0 Å². The van der Waals surface area contributed by atoms with Gasteiger partial charge in [-0.1, -0.05) is 58.4 Å². The molecule has 110 valence electrons. The maximum absolute atomic E-state index is 8.78. The zero-order chi connectivity index (χ0) is 15.0. The van der Waals surface area contributed by atoms with Gasteiger partial charge in [0.1, 0.15) is 0 Å². The van der Waals surface area contributed by atoms with Gasteiger partial charge in [0.15, 0.2) is 0 Å². The lowest BCUT2D eigenvalue weighted by Gasteiger charge is -2.21. The average molecular weight is 273 g/mol. The number of hydrogen-bond donors (Lipinski definition) is 0. The molecule has 0 N–H and O–H groups in total. The fraction of sp³-hybridized carbons (Fsp3) is 0.611. The average Bonchev–Trinajstić information content (AvgIpc) is 2.42. The first-order chi connectivity index (χ1) is 9.49. The highest BCUT2D eigenvalue weighted by Gasteiger charge is 2.16. The molecule has 0 amide bonds. The number of rotatable bonds is 7. The molecule has 1 aromatic rings. The molecule has 0 saturated heterocycles. The number of nitrogens with zero attached hydrogens (tertiary/aromatic N) is 1. The minimum atomic E-state index is 0.0511. The SMILES string of the molecule is CCCCOC(CCC#N)c1ccc(C(C)(C)C)cc1. The van der Waals surface area contributed by atoms with E-state index >= 15 is 0 Å². The largest absolute Gasteiger partial charge is 0.373 e. The van der Waals surface area contributed by atoms with Crippen LogP contribution in [0.3, 0.4) is 0 Å². The van der Waals surface area contributed by atoms with Crippen LogP contribution in [0.4, 0.5) is 0 Å². The van der Waals surface area contributed by atoms with E-state index in [2.05, 4.69) is 58.0 Å². The standard InChI is InChI=1S/C18H27NO/c1-5-6-14-20-17(8-7-13-19)15-9-11-16(12-10-15)18(2,3)4/h9-12,17H,5-8,14H2,1-4H3. The summed E-state index contributed by atoms with van der Waals surface area (Å²) in [5, 5.41) is 8.78. The third kappa shape index (κ3) is 5.35. The summed E-state index contributed by atoms with van der Waals surface area (Å²) < 4.78 is 5.95. The van der Waals surface area contributed by atoms with Gasteiger partial charge in [0.05, 0.1) is 12.2 Å². The molecule has 1 unspecified atom stereocenters. The maximum Gasteiger partial charge on any atom is 0.0834 e. The summed E-state index contributed by atoms with van der Waals surface area (Å²) in [6.45, 7) is 9.58. The minimum absolute atomic E-state index is 0.0511. The van der Waals surface area contributed by atoms with Crippen molar-refractivity contribution in [2.24, 2.45) is 0 Å². The van der Waals surface area contributed by atoms with Gasteiger partial charge in [-0.25, -0.2) is 0 Å². The molecule has 0 saturated carbocycles. The van der Waals surface area contributed by atoms with Crippen molar-refractivity contribution >= 4 is 0 Å². The predicted molar refractivity (Wildman–Crippen MR) is 83.6 cm³/mol. The van der Waals surface area contributed by atoms with Crippen LogP contribution in [0.25, 0.3) is 0 Å². The molecule has 1 rings (SSSR count). The molecule has 2 nitrogen and oxygen atoms in total. The van der Waals surface area contributed by atoms with Gasteiger partial charge in [-0.05, 0) is 29.4 Å². The number of unbranched alkanes of at least 4 members (excludes halogenated alkanes) is 1. The third-order valence-corrected chi connectivity index (χ3v) is 3.48. The van der Waals surface area contributed by atoms with Gasteiger partial charge in [-0.2, -0.15) is 5.26 Å². The molecule has 0 aliphatic rings. The highest BCUT2D eigenvalue weighted by molar-refractivity contribution is 5.28. The lowest BCUT2D eigenvalue weighted by atomic mass is 9.86. The number of hydrogen-bond acceptors (Lipinski definition) is 2. The van der Waals surface area contributed by atoms with Crippen molar-refractivity contribution in [1.82, 2.24) is 0 Å². The Morgan fingerprint density at radius 1 is 1.20 bits per heavy atom. The number of nitriles is 1. The van der Waals surface area contributed by atoms with Crippen molar-refractivity contribution in [3.63, 3.8) is 0 Å². The summed E-state index contributed by atoms with van der Waals surface area (Å²) in [7, 11) is 0. The summed E-state index contributed by atoms with van der Waals surface area (Å²) >= 11 is 0. The molecular weight excluding hydrogens is 246 g/mol.